The Hall–Kier alpha value is -1.08. The van der Waals surface area contributed by atoms with Gasteiger partial charge in [-0.1, -0.05) is 18.7 Å². The van der Waals surface area contributed by atoms with Gasteiger partial charge in [0.25, 0.3) is 0 Å². The molecule has 7 heteroatoms. The molecule has 6 nitrogen and oxygen atoms in total. The van der Waals surface area contributed by atoms with Crippen LogP contribution < -0.4 is 15.9 Å². The quantitative estimate of drug-likeness (QED) is 0.505. The molecule has 0 aromatic carbocycles. The van der Waals surface area contributed by atoms with Crippen molar-refractivity contribution >= 4 is 28.8 Å². The summed E-state index contributed by atoms with van der Waals surface area (Å²) in [7, 11) is 0. The van der Waals surface area contributed by atoms with Crippen LogP contribution in [-0.4, -0.2) is 28.8 Å². The van der Waals surface area contributed by atoms with Gasteiger partial charge in [-0.3, -0.25) is 4.79 Å². The Kier molecular flexibility index (Phi) is 5.95. The maximum Gasteiger partial charge on any atom is 0.188 e. The highest BCUT2D eigenvalue weighted by atomic mass is 32.2. The largest absolute Gasteiger partial charge is 0.550 e. The first-order valence-electron chi connectivity index (χ1n) is 4.30. The average Bonchev–Trinajstić information content (AvgIpc) is 2.16. The number of carbonyl (C=O) groups excluding carboxylic acids is 3. The summed E-state index contributed by atoms with van der Waals surface area (Å²) in [6, 6.07) is -1.41. The lowest BCUT2D eigenvalue weighted by Crippen LogP contribution is -2.73. The first kappa shape index (κ1) is 13.9. The van der Waals surface area contributed by atoms with Crippen LogP contribution in [0.25, 0.3) is 0 Å². The summed E-state index contributed by atoms with van der Waals surface area (Å²) < 4.78 is 0. The van der Waals surface area contributed by atoms with Crippen molar-refractivity contribution in [3.05, 3.63) is 0 Å². The molecular formula is C8H12NO5S-. The number of carbonyl (C=O) groups is 3. The average molecular weight is 234 g/mol. The van der Waals surface area contributed by atoms with Gasteiger partial charge < -0.3 is 25.5 Å². The van der Waals surface area contributed by atoms with Crippen LogP contribution in [-0.2, 0) is 14.4 Å². The van der Waals surface area contributed by atoms with E-state index in [0.717, 1.165) is 11.8 Å². The second kappa shape index (κ2) is 6.41. The molecule has 0 aromatic heterocycles. The lowest BCUT2D eigenvalue weighted by atomic mass is 10.0. The molecule has 3 N–H and O–H groups in total. The van der Waals surface area contributed by atoms with Crippen LogP contribution >= 0.6 is 11.8 Å². The first-order chi connectivity index (χ1) is 6.90. The van der Waals surface area contributed by atoms with Gasteiger partial charge in [-0.2, -0.15) is 0 Å². The van der Waals surface area contributed by atoms with Gasteiger partial charge in [0.05, 0.1) is 17.9 Å². The number of hydrogen-bond acceptors (Lipinski definition) is 6. The van der Waals surface area contributed by atoms with Crippen molar-refractivity contribution in [2.24, 2.45) is 5.92 Å². The highest BCUT2D eigenvalue weighted by Crippen LogP contribution is 2.12. The molecule has 0 aliphatic carbocycles. The van der Waals surface area contributed by atoms with Crippen LogP contribution in [0.15, 0.2) is 0 Å². The Morgan fingerprint density at radius 2 is 1.80 bits per heavy atom. The van der Waals surface area contributed by atoms with Crippen LogP contribution in [0.2, 0.25) is 0 Å². The molecule has 0 fully saturated rings. The van der Waals surface area contributed by atoms with Gasteiger partial charge in [0.1, 0.15) is 6.04 Å². The normalized spacial score (nSPS) is 14.3. The van der Waals surface area contributed by atoms with E-state index in [9.17, 15) is 24.6 Å². The summed E-state index contributed by atoms with van der Waals surface area (Å²) in [4.78, 5) is 31.9. The third-order valence-corrected chi connectivity index (χ3v) is 2.94. The number of quaternary nitrogens is 1. The SMILES string of the molecule is CCC(=O)SCC(C(=O)[O-])C([NH3+])C(=O)[O-]. The van der Waals surface area contributed by atoms with E-state index in [4.69, 9.17) is 0 Å². The molecule has 0 spiro atoms. The summed E-state index contributed by atoms with van der Waals surface area (Å²) >= 11 is 0.768. The van der Waals surface area contributed by atoms with E-state index in [1.54, 1.807) is 6.92 Å². The van der Waals surface area contributed by atoms with E-state index >= 15 is 0 Å². The third kappa shape index (κ3) is 4.80. The molecule has 0 aliphatic rings. The van der Waals surface area contributed by atoms with Crippen molar-refractivity contribution in [1.29, 1.82) is 0 Å². The Morgan fingerprint density at radius 3 is 2.13 bits per heavy atom. The van der Waals surface area contributed by atoms with Crippen molar-refractivity contribution < 1.29 is 30.3 Å². The van der Waals surface area contributed by atoms with Crippen molar-refractivity contribution in [3.8, 4) is 0 Å². The van der Waals surface area contributed by atoms with Gasteiger partial charge >= 0.3 is 0 Å². The van der Waals surface area contributed by atoms with Gasteiger partial charge in [-0.15, -0.1) is 0 Å². The topological polar surface area (TPSA) is 125 Å². The lowest BCUT2D eigenvalue weighted by Gasteiger charge is -2.21. The first-order valence-corrected chi connectivity index (χ1v) is 5.29. The predicted octanol–water partition coefficient (Wildman–Crippen LogP) is -3.62. The van der Waals surface area contributed by atoms with Crippen molar-refractivity contribution in [1.82, 2.24) is 0 Å². The Labute approximate surface area is 90.8 Å². The summed E-state index contributed by atoms with van der Waals surface area (Å²) in [5.41, 5.74) is 3.16. The van der Waals surface area contributed by atoms with Crippen LogP contribution in [0.4, 0.5) is 0 Å². The van der Waals surface area contributed by atoms with Crippen molar-refractivity contribution in [2.45, 2.75) is 19.4 Å². The smallest absolute Gasteiger partial charge is 0.188 e. The maximum absolute atomic E-state index is 10.9. The molecule has 86 valence electrons. The molecule has 2 unspecified atom stereocenters. The fraction of sp³-hybridized carbons (Fsp3) is 0.625. The zero-order valence-electron chi connectivity index (χ0n) is 8.23. The maximum atomic E-state index is 10.9. The fourth-order valence-corrected chi connectivity index (χ4v) is 1.74. The molecule has 0 amide bonds. The molecule has 15 heavy (non-hydrogen) atoms. The molecule has 0 saturated carbocycles. The molecular weight excluding hydrogens is 222 g/mol. The summed E-state index contributed by atoms with van der Waals surface area (Å²) in [6.07, 6.45) is 0.261. The lowest BCUT2D eigenvalue weighted by molar-refractivity contribution is -0.449. The highest BCUT2D eigenvalue weighted by molar-refractivity contribution is 8.13. The van der Waals surface area contributed by atoms with Gasteiger partial charge in [-0.05, 0) is 0 Å². The second-order valence-corrected chi connectivity index (χ2v) is 3.96. The van der Waals surface area contributed by atoms with Gasteiger partial charge in [0.2, 0.25) is 0 Å². The zero-order valence-corrected chi connectivity index (χ0v) is 9.04. The monoisotopic (exact) mass is 234 g/mol. The zero-order chi connectivity index (χ0) is 12.0. The van der Waals surface area contributed by atoms with Crippen LogP contribution in [0, 0.1) is 5.92 Å². The molecule has 0 radical (unpaired) electrons. The molecule has 0 aliphatic heterocycles. The van der Waals surface area contributed by atoms with E-state index in [1.165, 1.54) is 0 Å². The minimum atomic E-state index is -1.56. The molecule has 2 atom stereocenters. The molecule has 0 aromatic rings. The van der Waals surface area contributed by atoms with Crippen molar-refractivity contribution in [2.75, 3.05) is 5.75 Å². The van der Waals surface area contributed by atoms with Gasteiger partial charge in [0, 0.05) is 12.2 Å². The highest BCUT2D eigenvalue weighted by Gasteiger charge is 2.24. The number of hydrogen-bond donors (Lipinski definition) is 1. The van der Waals surface area contributed by atoms with E-state index < -0.39 is 23.9 Å². The van der Waals surface area contributed by atoms with Crippen molar-refractivity contribution in [3.63, 3.8) is 0 Å². The molecule has 0 saturated heterocycles. The molecule has 0 bridgehead atoms. The number of rotatable bonds is 6. The van der Waals surface area contributed by atoms with E-state index in [1.807, 2.05) is 0 Å². The Morgan fingerprint density at radius 1 is 1.27 bits per heavy atom. The predicted molar refractivity (Wildman–Crippen MR) is 47.9 cm³/mol. The standard InChI is InChI=1S/C8H13NO5S/c1-2-5(10)15-3-4(7(11)12)6(9)8(13)14/h4,6H,2-3,9H2,1H3,(H,11,12)(H,13,14)/p-1. The minimum Gasteiger partial charge on any atom is -0.550 e. The van der Waals surface area contributed by atoms with E-state index in [0.29, 0.717) is 0 Å². The number of thioether (sulfide) groups is 1. The molecule has 0 rings (SSSR count). The Balaban J connectivity index is 4.35. The van der Waals surface area contributed by atoms with Gasteiger partial charge in [-0.25, -0.2) is 0 Å². The van der Waals surface area contributed by atoms with Crippen LogP contribution in [0.5, 0.6) is 0 Å². The van der Waals surface area contributed by atoms with E-state index in [-0.39, 0.29) is 17.3 Å². The van der Waals surface area contributed by atoms with Crippen LogP contribution in [0.1, 0.15) is 13.3 Å². The second-order valence-electron chi connectivity index (χ2n) is 2.89. The number of carboxylic acids is 2. The van der Waals surface area contributed by atoms with Gasteiger partial charge in [0.15, 0.2) is 5.12 Å². The Bertz CT molecular complexity index is 268. The summed E-state index contributed by atoms with van der Waals surface area (Å²) in [5.74, 6) is -4.56. The summed E-state index contributed by atoms with van der Waals surface area (Å²) in [6.45, 7) is 1.63. The summed E-state index contributed by atoms with van der Waals surface area (Å²) in [5, 5.41) is 20.8. The number of aliphatic carboxylic acids is 2. The number of carboxylic acid groups (broad SMARTS) is 2. The molecule has 0 heterocycles. The van der Waals surface area contributed by atoms with E-state index in [2.05, 4.69) is 5.73 Å². The fourth-order valence-electron chi connectivity index (χ4n) is 0.798. The minimum absolute atomic E-state index is 0.156. The third-order valence-electron chi connectivity index (χ3n) is 1.80. The van der Waals surface area contributed by atoms with Crippen LogP contribution in [0.3, 0.4) is 0 Å².